The van der Waals surface area contributed by atoms with Gasteiger partial charge in [0.25, 0.3) is 5.56 Å². The fourth-order valence-electron chi connectivity index (χ4n) is 3.82. The zero-order chi connectivity index (χ0) is 26.0. The van der Waals surface area contributed by atoms with E-state index in [0.717, 1.165) is 4.31 Å². The van der Waals surface area contributed by atoms with Gasteiger partial charge in [0.15, 0.2) is 0 Å². The van der Waals surface area contributed by atoms with Crippen LogP contribution in [0.2, 0.25) is 0 Å². The molecule has 2 aromatic carbocycles. The topological polar surface area (TPSA) is 139 Å². The molecule has 4 rings (SSSR count). The number of carboxylic acid groups (broad SMARTS) is 1. The monoisotopic (exact) mass is 529 g/mol. The number of benzene rings is 2. The Bertz CT molecular complexity index is 1620. The number of para-hydroxylation sites is 1. The highest BCUT2D eigenvalue weighted by Crippen LogP contribution is 2.26. The van der Waals surface area contributed by atoms with Crippen molar-refractivity contribution in [3.8, 4) is 11.5 Å². The molecule has 36 heavy (non-hydrogen) atoms. The fourth-order valence-corrected chi connectivity index (χ4v) is 6.11. The zero-order valence-electron chi connectivity index (χ0n) is 19.4. The number of aryl methyl sites for hydroxylation is 2. The lowest BCUT2D eigenvalue weighted by atomic mass is 10.2. The lowest BCUT2D eigenvalue weighted by Gasteiger charge is -2.24. The predicted octanol–water partition coefficient (Wildman–Crippen LogP) is 3.02. The average Bonchev–Trinajstić information content (AvgIpc) is 3.23. The van der Waals surface area contributed by atoms with E-state index in [9.17, 15) is 27.9 Å². The largest absolute Gasteiger partial charge is 0.480 e. The molecule has 0 spiro atoms. The Morgan fingerprint density at radius 1 is 1.11 bits per heavy atom. The first-order valence-corrected chi connectivity index (χ1v) is 13.2. The molecular formula is C24H23N3O7S2. The molecule has 188 valence electrons. The maximum atomic E-state index is 13.2. The number of nitrogens with one attached hydrogen (secondary N) is 1. The van der Waals surface area contributed by atoms with Gasteiger partial charge in [-0.3, -0.25) is 19.1 Å². The van der Waals surface area contributed by atoms with E-state index in [1.54, 1.807) is 36.6 Å². The van der Waals surface area contributed by atoms with Gasteiger partial charge >= 0.3 is 11.7 Å². The number of thiophene rings is 1. The predicted molar refractivity (Wildman–Crippen MR) is 135 cm³/mol. The Kier molecular flexibility index (Phi) is 7.11. The molecule has 0 fully saturated rings. The summed E-state index contributed by atoms with van der Waals surface area (Å²) >= 11 is 1.18. The van der Waals surface area contributed by atoms with Gasteiger partial charge in [-0.2, -0.15) is 4.31 Å². The lowest BCUT2D eigenvalue weighted by molar-refractivity contribution is -0.141. The van der Waals surface area contributed by atoms with Crippen molar-refractivity contribution in [2.45, 2.75) is 30.8 Å². The van der Waals surface area contributed by atoms with E-state index in [1.807, 2.05) is 6.07 Å². The molecule has 1 unspecified atom stereocenters. The van der Waals surface area contributed by atoms with Gasteiger partial charge < -0.3 is 9.84 Å². The maximum absolute atomic E-state index is 13.2. The van der Waals surface area contributed by atoms with Crippen molar-refractivity contribution in [2.75, 3.05) is 7.05 Å². The first kappa shape index (κ1) is 25.4. The molecule has 4 aromatic rings. The molecule has 0 aliphatic heterocycles. The Morgan fingerprint density at radius 3 is 2.39 bits per heavy atom. The number of carbonyl (C=O) groups is 1. The number of rotatable bonds is 9. The summed E-state index contributed by atoms with van der Waals surface area (Å²) in [5.74, 6) is -0.352. The van der Waals surface area contributed by atoms with Crippen LogP contribution in [0.25, 0.3) is 10.2 Å². The van der Waals surface area contributed by atoms with E-state index >= 15 is 0 Å². The first-order valence-electron chi connectivity index (χ1n) is 10.8. The van der Waals surface area contributed by atoms with Crippen LogP contribution in [-0.4, -0.2) is 46.4 Å². The van der Waals surface area contributed by atoms with E-state index in [0.29, 0.717) is 27.3 Å². The molecule has 0 amide bonds. The van der Waals surface area contributed by atoms with Crippen molar-refractivity contribution in [1.82, 2.24) is 13.9 Å². The molecule has 2 aromatic heterocycles. The molecular weight excluding hydrogens is 506 g/mol. The zero-order valence-corrected chi connectivity index (χ0v) is 21.0. The highest BCUT2D eigenvalue weighted by Gasteiger charge is 2.33. The second-order valence-corrected chi connectivity index (χ2v) is 10.9. The highest BCUT2D eigenvalue weighted by molar-refractivity contribution is 7.89. The van der Waals surface area contributed by atoms with Crippen LogP contribution in [0.15, 0.2) is 74.5 Å². The van der Waals surface area contributed by atoms with Crippen molar-refractivity contribution < 1.29 is 23.1 Å². The molecule has 0 bridgehead atoms. The lowest BCUT2D eigenvalue weighted by Crippen LogP contribution is -2.43. The van der Waals surface area contributed by atoms with Crippen molar-refractivity contribution in [3.05, 3.63) is 86.4 Å². The molecule has 0 aliphatic carbocycles. The summed E-state index contributed by atoms with van der Waals surface area (Å²) in [5.41, 5.74) is -0.0857. The summed E-state index contributed by atoms with van der Waals surface area (Å²) in [7, 11) is -3.00. The minimum atomic E-state index is -4.18. The Labute approximate surface area is 210 Å². The van der Waals surface area contributed by atoms with E-state index < -0.39 is 33.3 Å². The standard InChI is InChI=1S/C24H23N3O7S2/c1-15-14-35-21-20(15)27(24(31)25-22(21)28)13-12-19(23(29)30)26(2)36(32,33)18-10-8-17(9-11-18)34-16-6-4-3-5-7-16/h3-11,14,19H,12-13H2,1-2H3,(H,29,30)(H,25,28,31). The number of hydrogen-bond donors (Lipinski definition) is 2. The number of likely N-dealkylation sites (N-methyl/N-ethyl adjacent to an activating group) is 1. The van der Waals surface area contributed by atoms with Crippen LogP contribution >= 0.6 is 11.3 Å². The summed E-state index contributed by atoms with van der Waals surface area (Å²) in [4.78, 5) is 38.7. The van der Waals surface area contributed by atoms with Gasteiger partial charge in [-0.15, -0.1) is 11.3 Å². The number of sulfonamides is 1. The molecule has 2 heterocycles. The van der Waals surface area contributed by atoms with Gasteiger partial charge in [0.2, 0.25) is 10.0 Å². The quantitative estimate of drug-likeness (QED) is 0.340. The van der Waals surface area contributed by atoms with Crippen LogP contribution in [-0.2, 0) is 21.4 Å². The van der Waals surface area contributed by atoms with Crippen LogP contribution in [0, 0.1) is 6.92 Å². The van der Waals surface area contributed by atoms with Gasteiger partial charge in [-0.25, -0.2) is 13.2 Å². The Balaban J connectivity index is 1.56. The first-order chi connectivity index (χ1) is 17.1. The molecule has 10 nitrogen and oxygen atoms in total. The van der Waals surface area contributed by atoms with Gasteiger partial charge in [0, 0.05) is 13.6 Å². The molecule has 0 aliphatic rings. The van der Waals surface area contributed by atoms with E-state index in [1.165, 1.54) is 47.2 Å². The Hall–Kier alpha value is -3.74. The summed E-state index contributed by atoms with van der Waals surface area (Å²) in [6, 6.07) is 13.2. The third-order valence-electron chi connectivity index (χ3n) is 5.71. The van der Waals surface area contributed by atoms with Crippen LogP contribution in [0.5, 0.6) is 11.5 Å². The van der Waals surface area contributed by atoms with Crippen molar-refractivity contribution >= 4 is 37.5 Å². The fraction of sp³-hybridized carbons (Fsp3) is 0.208. The Morgan fingerprint density at radius 2 is 1.75 bits per heavy atom. The molecule has 0 radical (unpaired) electrons. The van der Waals surface area contributed by atoms with Crippen LogP contribution in [0.3, 0.4) is 0 Å². The number of H-pyrrole nitrogens is 1. The van der Waals surface area contributed by atoms with Gasteiger partial charge in [0.05, 0.1) is 10.4 Å². The second kappa shape index (κ2) is 10.1. The molecule has 2 N–H and O–H groups in total. The summed E-state index contributed by atoms with van der Waals surface area (Å²) in [6.45, 7) is 1.63. The number of nitrogens with zero attached hydrogens (tertiary/aromatic N) is 2. The van der Waals surface area contributed by atoms with Crippen LogP contribution < -0.4 is 16.0 Å². The van der Waals surface area contributed by atoms with Crippen molar-refractivity contribution in [1.29, 1.82) is 0 Å². The van der Waals surface area contributed by atoms with Crippen LogP contribution in [0.4, 0.5) is 0 Å². The second-order valence-electron chi connectivity index (χ2n) is 8.06. The van der Waals surface area contributed by atoms with Crippen LogP contribution in [0.1, 0.15) is 12.0 Å². The third kappa shape index (κ3) is 4.96. The molecule has 12 heteroatoms. The van der Waals surface area contributed by atoms with E-state index in [-0.39, 0.29) is 17.9 Å². The van der Waals surface area contributed by atoms with E-state index in [4.69, 9.17) is 4.74 Å². The maximum Gasteiger partial charge on any atom is 0.328 e. The van der Waals surface area contributed by atoms with Gasteiger partial charge in [0.1, 0.15) is 22.2 Å². The molecule has 1 atom stereocenters. The van der Waals surface area contributed by atoms with Crippen molar-refractivity contribution in [3.63, 3.8) is 0 Å². The summed E-state index contributed by atoms with van der Waals surface area (Å²) in [5, 5.41) is 11.5. The SMILES string of the molecule is Cc1csc2c(=O)[nH]c(=O)n(CCC(C(=O)O)N(C)S(=O)(=O)c3ccc(Oc4ccccc4)cc3)c12. The summed E-state index contributed by atoms with van der Waals surface area (Å²) < 4.78 is 34.5. The number of hydrogen-bond acceptors (Lipinski definition) is 7. The summed E-state index contributed by atoms with van der Waals surface area (Å²) in [6.07, 6.45) is -0.198. The van der Waals surface area contributed by atoms with Crippen molar-refractivity contribution in [2.24, 2.45) is 0 Å². The number of fused-ring (bicyclic) bond motifs is 1. The van der Waals surface area contributed by atoms with E-state index in [2.05, 4.69) is 4.98 Å². The van der Waals surface area contributed by atoms with Gasteiger partial charge in [-0.05, 0) is 60.7 Å². The normalized spacial score (nSPS) is 12.6. The number of aromatic amines is 1. The number of aromatic nitrogens is 2. The molecule has 0 saturated carbocycles. The average molecular weight is 530 g/mol. The number of ether oxygens (including phenoxy) is 1. The highest BCUT2D eigenvalue weighted by atomic mass is 32.2. The number of carboxylic acids is 1. The third-order valence-corrected chi connectivity index (χ3v) is 8.68. The smallest absolute Gasteiger partial charge is 0.328 e. The number of aliphatic carboxylic acids is 1. The molecule has 0 saturated heterocycles. The minimum Gasteiger partial charge on any atom is -0.480 e. The van der Waals surface area contributed by atoms with Gasteiger partial charge in [-0.1, -0.05) is 18.2 Å². The minimum absolute atomic E-state index is 0.103.